The first kappa shape index (κ1) is 26.0. The predicted molar refractivity (Wildman–Crippen MR) is 126 cm³/mol. The Morgan fingerprint density at radius 1 is 1.06 bits per heavy atom. The third kappa shape index (κ3) is 5.34. The van der Waals surface area contributed by atoms with Crippen LogP contribution in [0, 0.1) is 0 Å². The van der Waals surface area contributed by atoms with E-state index in [2.05, 4.69) is 5.32 Å². The fourth-order valence-electron chi connectivity index (χ4n) is 4.38. The Bertz CT molecular complexity index is 1090. The van der Waals surface area contributed by atoms with Crippen molar-refractivity contribution in [3.8, 4) is 0 Å². The van der Waals surface area contributed by atoms with Crippen LogP contribution in [0.15, 0.2) is 66.2 Å². The summed E-state index contributed by atoms with van der Waals surface area (Å²) >= 11 is 0. The van der Waals surface area contributed by atoms with Gasteiger partial charge in [-0.15, -0.1) is 0 Å². The molecule has 0 aromatic heterocycles. The van der Waals surface area contributed by atoms with E-state index in [1.165, 1.54) is 14.0 Å². The monoisotopic (exact) mass is 499 g/mol. The zero-order valence-electron chi connectivity index (χ0n) is 19.8. The van der Waals surface area contributed by atoms with Gasteiger partial charge in [-0.05, 0) is 11.1 Å². The topological polar surface area (TPSA) is 144 Å². The SMILES string of the molecule is COC[C@H]1O[C@@H](O[C@H]2OC(=O)C([C@@H](O)c3ccccc3)=C2c2ccccc2)[C@H](NC(C)=O)[C@@H](O)[C@@H]1O. The van der Waals surface area contributed by atoms with E-state index < -0.39 is 54.9 Å². The molecule has 2 aliphatic rings. The van der Waals surface area contributed by atoms with Gasteiger partial charge in [-0.25, -0.2) is 4.79 Å². The van der Waals surface area contributed by atoms with Crippen molar-refractivity contribution in [2.45, 2.75) is 50.0 Å². The van der Waals surface area contributed by atoms with Crippen LogP contribution in [0.25, 0.3) is 5.57 Å². The van der Waals surface area contributed by atoms with Crippen LogP contribution >= 0.6 is 0 Å². The van der Waals surface area contributed by atoms with Crippen LogP contribution in [0.4, 0.5) is 0 Å². The highest BCUT2D eigenvalue weighted by Gasteiger charge is 2.49. The molecule has 4 rings (SSSR count). The van der Waals surface area contributed by atoms with Crippen molar-refractivity contribution in [1.82, 2.24) is 5.32 Å². The van der Waals surface area contributed by atoms with E-state index in [-0.39, 0.29) is 17.8 Å². The number of nitrogens with one attached hydrogen (secondary N) is 1. The van der Waals surface area contributed by atoms with E-state index in [4.69, 9.17) is 18.9 Å². The van der Waals surface area contributed by atoms with Crippen molar-refractivity contribution < 1.29 is 43.9 Å². The van der Waals surface area contributed by atoms with Gasteiger partial charge < -0.3 is 39.6 Å². The molecule has 0 spiro atoms. The molecule has 2 aliphatic heterocycles. The maximum absolute atomic E-state index is 13.0. The fraction of sp³-hybridized carbons (Fsp3) is 0.385. The number of aliphatic hydroxyl groups is 3. The molecule has 10 heteroatoms. The minimum atomic E-state index is -1.46. The van der Waals surface area contributed by atoms with Crippen molar-refractivity contribution in [2.75, 3.05) is 13.7 Å². The van der Waals surface area contributed by atoms with E-state index >= 15 is 0 Å². The molecule has 0 unspecified atom stereocenters. The molecule has 7 atom stereocenters. The molecule has 2 heterocycles. The van der Waals surface area contributed by atoms with Crippen LogP contribution in [0.3, 0.4) is 0 Å². The van der Waals surface area contributed by atoms with Gasteiger partial charge in [0, 0.05) is 19.6 Å². The second kappa shape index (κ2) is 11.3. The minimum Gasteiger partial charge on any atom is -0.428 e. The van der Waals surface area contributed by atoms with Crippen LogP contribution in [0.1, 0.15) is 24.2 Å². The van der Waals surface area contributed by atoms with Gasteiger partial charge in [0.25, 0.3) is 0 Å². The largest absolute Gasteiger partial charge is 0.428 e. The van der Waals surface area contributed by atoms with Crippen LogP contribution in [0.2, 0.25) is 0 Å². The summed E-state index contributed by atoms with van der Waals surface area (Å²) in [5.74, 6) is -1.27. The third-order valence-corrected chi connectivity index (χ3v) is 6.09. The lowest BCUT2D eigenvalue weighted by molar-refractivity contribution is -0.297. The Morgan fingerprint density at radius 2 is 1.69 bits per heavy atom. The first-order valence-electron chi connectivity index (χ1n) is 11.5. The second-order valence-corrected chi connectivity index (χ2v) is 8.59. The molecule has 192 valence electrons. The Balaban J connectivity index is 1.72. The molecule has 36 heavy (non-hydrogen) atoms. The van der Waals surface area contributed by atoms with E-state index in [9.17, 15) is 24.9 Å². The normalized spacial score (nSPS) is 29.1. The number of carbonyl (C=O) groups is 2. The molecule has 2 aromatic carbocycles. The summed E-state index contributed by atoms with van der Waals surface area (Å²) < 4.78 is 22.5. The summed E-state index contributed by atoms with van der Waals surface area (Å²) in [6, 6.07) is 16.3. The second-order valence-electron chi connectivity index (χ2n) is 8.59. The predicted octanol–water partition coefficient (Wildman–Crippen LogP) is 0.671. The Hall–Kier alpha value is -3.12. The molecule has 2 aromatic rings. The van der Waals surface area contributed by atoms with Crippen LogP contribution in [-0.2, 0) is 28.5 Å². The molecule has 0 radical (unpaired) electrons. The van der Waals surface area contributed by atoms with Gasteiger partial charge >= 0.3 is 5.97 Å². The number of carbonyl (C=O) groups excluding carboxylic acids is 2. The number of benzene rings is 2. The first-order chi connectivity index (χ1) is 17.3. The van der Waals surface area contributed by atoms with Crippen LogP contribution in [-0.4, -0.2) is 77.8 Å². The number of hydrogen-bond donors (Lipinski definition) is 4. The van der Waals surface area contributed by atoms with Crippen molar-refractivity contribution in [3.63, 3.8) is 0 Å². The lowest BCUT2D eigenvalue weighted by Gasteiger charge is -2.43. The van der Waals surface area contributed by atoms with Gasteiger partial charge in [-0.1, -0.05) is 60.7 Å². The van der Waals surface area contributed by atoms with Gasteiger partial charge in [-0.2, -0.15) is 0 Å². The number of amides is 1. The highest BCUT2D eigenvalue weighted by Crippen LogP contribution is 2.40. The first-order valence-corrected chi connectivity index (χ1v) is 11.5. The number of cyclic esters (lactones) is 1. The number of hydrogen-bond acceptors (Lipinski definition) is 9. The average Bonchev–Trinajstić information content (AvgIpc) is 3.20. The van der Waals surface area contributed by atoms with Crippen molar-refractivity contribution in [2.24, 2.45) is 0 Å². The molecule has 4 N–H and O–H groups in total. The smallest absolute Gasteiger partial charge is 0.340 e. The van der Waals surface area contributed by atoms with E-state index in [0.717, 1.165) is 0 Å². The number of aliphatic hydroxyl groups excluding tert-OH is 3. The standard InChI is InChI=1S/C26H29NO9/c1-14(28)27-20-23(31)22(30)17(13-33-2)34-26(20)36-25-18(15-9-5-3-6-10-15)19(24(32)35-25)21(29)16-11-7-4-8-12-16/h3-12,17,20-23,25-26,29-31H,13H2,1-2H3,(H,27,28)/t17-,20-,21+,22-,23-,25-,26+/m1/s1. The molecule has 1 saturated heterocycles. The molecule has 10 nitrogen and oxygen atoms in total. The van der Waals surface area contributed by atoms with Crippen molar-refractivity contribution in [3.05, 3.63) is 77.4 Å². The highest BCUT2D eigenvalue weighted by molar-refractivity contribution is 6.03. The van der Waals surface area contributed by atoms with E-state index in [1.54, 1.807) is 60.7 Å². The maximum Gasteiger partial charge on any atom is 0.340 e. The summed E-state index contributed by atoms with van der Waals surface area (Å²) in [5, 5.41) is 34.8. The molecule has 0 aliphatic carbocycles. The lowest BCUT2D eigenvalue weighted by atomic mass is 9.93. The van der Waals surface area contributed by atoms with Gasteiger partial charge in [0.2, 0.25) is 12.2 Å². The van der Waals surface area contributed by atoms with Crippen LogP contribution in [0.5, 0.6) is 0 Å². The molecular weight excluding hydrogens is 470 g/mol. The van der Waals surface area contributed by atoms with E-state index in [1.807, 2.05) is 0 Å². The summed E-state index contributed by atoms with van der Waals surface area (Å²) in [5.41, 5.74) is 1.34. The summed E-state index contributed by atoms with van der Waals surface area (Å²) in [7, 11) is 1.41. The molecular formula is C26H29NO9. The van der Waals surface area contributed by atoms with Gasteiger partial charge in [-0.3, -0.25) is 4.79 Å². The number of rotatable bonds is 8. The molecule has 1 fully saturated rings. The third-order valence-electron chi connectivity index (χ3n) is 6.09. The number of esters is 1. The lowest BCUT2D eigenvalue weighted by Crippen LogP contribution is -2.65. The number of ether oxygens (including phenoxy) is 4. The summed E-state index contributed by atoms with van der Waals surface area (Å²) in [6.45, 7) is 1.19. The van der Waals surface area contributed by atoms with Gasteiger partial charge in [0.1, 0.15) is 30.5 Å². The molecule has 0 bridgehead atoms. The highest BCUT2D eigenvalue weighted by atomic mass is 16.8. The summed E-state index contributed by atoms with van der Waals surface area (Å²) in [4.78, 5) is 24.9. The van der Waals surface area contributed by atoms with Crippen molar-refractivity contribution >= 4 is 17.4 Å². The Kier molecular flexibility index (Phi) is 8.14. The zero-order valence-corrected chi connectivity index (χ0v) is 19.8. The van der Waals surface area contributed by atoms with Gasteiger partial charge in [0.15, 0.2) is 6.29 Å². The Labute approximate surface area is 208 Å². The summed E-state index contributed by atoms with van der Waals surface area (Å²) in [6.07, 6.45) is -7.75. The Morgan fingerprint density at radius 3 is 2.31 bits per heavy atom. The van der Waals surface area contributed by atoms with Crippen LogP contribution < -0.4 is 5.32 Å². The number of methoxy groups -OCH3 is 1. The molecule has 0 saturated carbocycles. The average molecular weight is 500 g/mol. The zero-order chi connectivity index (χ0) is 25.8. The fourth-order valence-corrected chi connectivity index (χ4v) is 4.38. The minimum absolute atomic E-state index is 0.00156. The van der Waals surface area contributed by atoms with E-state index in [0.29, 0.717) is 11.1 Å². The molecule has 1 amide bonds. The van der Waals surface area contributed by atoms with Gasteiger partial charge in [0.05, 0.1) is 12.2 Å². The maximum atomic E-state index is 13.0. The van der Waals surface area contributed by atoms with Crippen molar-refractivity contribution in [1.29, 1.82) is 0 Å². The quantitative estimate of drug-likeness (QED) is 0.385.